The van der Waals surface area contributed by atoms with Gasteiger partial charge in [-0.15, -0.1) is 0 Å². The van der Waals surface area contributed by atoms with Crippen molar-refractivity contribution in [3.05, 3.63) is 20.3 Å². The molecule has 0 aliphatic carbocycles. The molecular formula is C21H35IN10. The van der Waals surface area contributed by atoms with Gasteiger partial charge in [0.1, 0.15) is 0 Å². The van der Waals surface area contributed by atoms with Crippen LogP contribution in [0.3, 0.4) is 0 Å². The van der Waals surface area contributed by atoms with Crippen LogP contribution in [0.5, 0.6) is 0 Å². The summed E-state index contributed by atoms with van der Waals surface area (Å²) in [4.78, 5) is 0. The molecule has 0 saturated carbocycles. The Hall–Kier alpha value is -3.09. The number of nitrogens with two attached hydrogens (primary N) is 9. The van der Waals surface area contributed by atoms with Crippen LogP contribution in [0.25, 0.3) is 5.70 Å². The van der Waals surface area contributed by atoms with Crippen LogP contribution in [0.2, 0.25) is 0 Å². The highest BCUT2D eigenvalue weighted by molar-refractivity contribution is 14.1. The first-order valence-electron chi connectivity index (χ1n) is 10.1. The van der Waals surface area contributed by atoms with Crippen LogP contribution < -0.4 is 56.9 Å². The number of allylic oxidation sites excluding steroid dienone is 1. The predicted molar refractivity (Wildman–Crippen MR) is 150 cm³/mol. The Bertz CT molecular complexity index is 1060. The van der Waals surface area contributed by atoms with E-state index in [4.69, 9.17) is 51.6 Å². The Morgan fingerprint density at radius 3 is 1.69 bits per heavy atom. The topological polar surface area (TPSA) is 246 Å². The molecule has 0 bridgehead atoms. The predicted octanol–water partition coefficient (Wildman–Crippen LogP) is 2.59. The molecule has 1 atom stereocenters. The Balaban J connectivity index is 2.53. The van der Waals surface area contributed by atoms with Crippen molar-refractivity contribution in [3.63, 3.8) is 0 Å². The van der Waals surface area contributed by atoms with Crippen LogP contribution in [-0.2, 0) is 0 Å². The summed E-state index contributed by atoms with van der Waals surface area (Å²) in [5.41, 5.74) is 61.3. The van der Waals surface area contributed by atoms with Crippen LogP contribution >= 0.6 is 22.6 Å². The lowest BCUT2D eigenvalue weighted by molar-refractivity contribution is 0.811. The zero-order valence-corrected chi connectivity index (χ0v) is 21.1. The number of hydrogen-bond donors (Lipinski definition) is 10. The summed E-state index contributed by atoms with van der Waals surface area (Å²) in [6, 6.07) is 0. The Labute approximate surface area is 202 Å². The van der Waals surface area contributed by atoms with Gasteiger partial charge in [-0.25, -0.2) is 0 Å². The summed E-state index contributed by atoms with van der Waals surface area (Å²) in [7, 11) is 0. The molecule has 0 aromatic heterocycles. The first kappa shape index (κ1) is 25.2. The molecule has 19 N–H and O–H groups in total. The number of nitrogens with one attached hydrogen (secondary N) is 1. The normalized spacial score (nSPS) is 13.2. The van der Waals surface area contributed by atoms with E-state index in [1.807, 2.05) is 13.8 Å². The second kappa shape index (κ2) is 9.18. The minimum Gasteiger partial charge on any atom is -0.398 e. The monoisotopic (exact) mass is 554 g/mol. The van der Waals surface area contributed by atoms with E-state index in [9.17, 15) is 0 Å². The number of rotatable bonds is 6. The molecule has 0 aliphatic heterocycles. The SMILES string of the molecule is Cc1c(N)c(N)c(NCC(C)c2c(N)c(N)c(N)c(N)c2N)c(N)c1/C(N)=C(\I)C(C)C. The average molecular weight is 554 g/mol. The van der Waals surface area contributed by atoms with E-state index >= 15 is 0 Å². The fourth-order valence-corrected chi connectivity index (χ4v) is 3.94. The van der Waals surface area contributed by atoms with Crippen molar-refractivity contribution < 1.29 is 0 Å². The molecule has 10 nitrogen and oxygen atoms in total. The molecule has 2 aromatic carbocycles. The van der Waals surface area contributed by atoms with E-state index in [0.717, 1.165) is 9.14 Å². The standard InChI is InChI=1S/C21H35IN10/c1-6(2)11(22)13(24)10-8(4)12(23)20(31)21(16(10)27)32-5-7(3)9-14(25)17(28)19(30)18(29)15(9)26/h6-7,32H,5,23-31H2,1-4H3/b13-11+. The Kier molecular flexibility index (Phi) is 7.23. The minimum absolute atomic E-state index is 0.176. The quantitative estimate of drug-likeness (QED) is 0.185. The molecule has 0 spiro atoms. The van der Waals surface area contributed by atoms with Gasteiger partial charge in [-0.05, 0) is 41.0 Å². The maximum atomic E-state index is 6.52. The lowest BCUT2D eigenvalue weighted by Gasteiger charge is -2.25. The highest BCUT2D eigenvalue weighted by Gasteiger charge is 2.23. The number of benzene rings is 2. The van der Waals surface area contributed by atoms with Crippen LogP contribution in [0, 0.1) is 12.8 Å². The molecule has 2 aromatic rings. The third-order valence-electron chi connectivity index (χ3n) is 5.73. The fourth-order valence-electron chi connectivity index (χ4n) is 3.67. The second-order valence-corrected chi connectivity index (χ2v) is 9.46. The molecule has 0 amide bonds. The van der Waals surface area contributed by atoms with Crippen LogP contribution in [0.1, 0.15) is 43.4 Å². The zero-order valence-electron chi connectivity index (χ0n) is 18.9. The van der Waals surface area contributed by atoms with Crippen molar-refractivity contribution >= 4 is 79.5 Å². The molecule has 0 aliphatic rings. The molecule has 0 radical (unpaired) electrons. The van der Waals surface area contributed by atoms with Crippen molar-refractivity contribution in [2.24, 2.45) is 11.7 Å². The number of anilines is 9. The van der Waals surface area contributed by atoms with Crippen LogP contribution in [0.15, 0.2) is 3.58 Å². The smallest absolute Gasteiger partial charge is 0.0836 e. The van der Waals surface area contributed by atoms with E-state index in [1.54, 1.807) is 0 Å². The van der Waals surface area contributed by atoms with E-state index in [0.29, 0.717) is 57.5 Å². The number of halogens is 1. The van der Waals surface area contributed by atoms with E-state index < -0.39 is 0 Å². The summed E-state index contributed by atoms with van der Waals surface area (Å²) < 4.78 is 0.981. The zero-order chi connectivity index (χ0) is 24.7. The van der Waals surface area contributed by atoms with Gasteiger partial charge in [0, 0.05) is 27.2 Å². The van der Waals surface area contributed by atoms with Gasteiger partial charge in [-0.3, -0.25) is 0 Å². The number of hydrogen-bond acceptors (Lipinski definition) is 10. The van der Waals surface area contributed by atoms with E-state index in [2.05, 4.69) is 41.8 Å². The van der Waals surface area contributed by atoms with Crippen molar-refractivity contribution in [2.75, 3.05) is 57.7 Å². The molecule has 176 valence electrons. The maximum absolute atomic E-state index is 6.52. The molecule has 11 heteroatoms. The third-order valence-corrected chi connectivity index (χ3v) is 7.56. The molecular weight excluding hydrogens is 519 g/mol. The summed E-state index contributed by atoms with van der Waals surface area (Å²) >= 11 is 2.23. The number of nitrogen functional groups attached to an aromatic ring is 8. The fraction of sp³-hybridized carbons (Fsp3) is 0.333. The largest absolute Gasteiger partial charge is 0.398 e. The van der Waals surface area contributed by atoms with Crippen LogP contribution in [0.4, 0.5) is 51.2 Å². The van der Waals surface area contributed by atoms with Gasteiger partial charge in [-0.2, -0.15) is 0 Å². The van der Waals surface area contributed by atoms with Crippen molar-refractivity contribution in [1.29, 1.82) is 0 Å². The summed E-state index contributed by atoms with van der Waals surface area (Å²) in [5, 5.41) is 3.28. The van der Waals surface area contributed by atoms with Gasteiger partial charge >= 0.3 is 0 Å². The molecule has 1 unspecified atom stereocenters. The van der Waals surface area contributed by atoms with Crippen molar-refractivity contribution in [3.8, 4) is 0 Å². The summed E-state index contributed by atoms with van der Waals surface area (Å²) in [5.74, 6) is 0.0330. The van der Waals surface area contributed by atoms with Gasteiger partial charge in [0.2, 0.25) is 0 Å². The van der Waals surface area contributed by atoms with Gasteiger partial charge in [0.25, 0.3) is 0 Å². The summed E-state index contributed by atoms with van der Waals surface area (Å²) in [6.07, 6.45) is 0. The minimum atomic E-state index is -0.200. The van der Waals surface area contributed by atoms with Crippen molar-refractivity contribution in [1.82, 2.24) is 0 Å². The highest BCUT2D eigenvalue weighted by atomic mass is 127. The Morgan fingerprint density at radius 2 is 1.22 bits per heavy atom. The highest BCUT2D eigenvalue weighted by Crippen LogP contribution is 2.44. The first-order valence-corrected chi connectivity index (χ1v) is 11.2. The van der Waals surface area contributed by atoms with E-state index in [-0.39, 0.29) is 28.9 Å². The lowest BCUT2D eigenvalue weighted by atomic mass is 9.93. The molecule has 0 heterocycles. The first-order chi connectivity index (χ1) is 14.7. The van der Waals surface area contributed by atoms with Crippen molar-refractivity contribution in [2.45, 2.75) is 33.6 Å². The van der Waals surface area contributed by atoms with Crippen LogP contribution in [-0.4, -0.2) is 6.54 Å². The van der Waals surface area contributed by atoms with Gasteiger partial charge in [0.05, 0.1) is 56.9 Å². The molecule has 0 fully saturated rings. The Morgan fingerprint density at radius 1 is 0.750 bits per heavy atom. The van der Waals surface area contributed by atoms with Gasteiger partial charge in [-0.1, -0.05) is 20.8 Å². The lowest BCUT2D eigenvalue weighted by Crippen LogP contribution is -2.19. The average Bonchev–Trinajstić information content (AvgIpc) is 2.74. The second-order valence-electron chi connectivity index (χ2n) is 8.30. The molecule has 2 rings (SSSR count). The maximum Gasteiger partial charge on any atom is 0.0836 e. The van der Waals surface area contributed by atoms with E-state index in [1.165, 1.54) is 0 Å². The molecule has 0 saturated heterocycles. The molecule has 32 heavy (non-hydrogen) atoms. The summed E-state index contributed by atoms with van der Waals surface area (Å²) in [6.45, 7) is 8.26. The van der Waals surface area contributed by atoms with Gasteiger partial charge in [0.15, 0.2) is 0 Å². The third kappa shape index (κ3) is 4.16. The van der Waals surface area contributed by atoms with Gasteiger partial charge < -0.3 is 56.9 Å².